The highest BCUT2D eigenvalue weighted by atomic mass is 35.5. The number of hydrogen-bond donors (Lipinski definition) is 3. The van der Waals surface area contributed by atoms with Gasteiger partial charge in [-0.3, -0.25) is 9.59 Å². The van der Waals surface area contributed by atoms with Crippen molar-refractivity contribution in [2.45, 2.75) is 19.8 Å². The maximum absolute atomic E-state index is 12.4. The van der Waals surface area contributed by atoms with Crippen LogP contribution in [0.15, 0.2) is 62.9 Å². The van der Waals surface area contributed by atoms with Crippen molar-refractivity contribution in [1.82, 2.24) is 5.32 Å². The van der Waals surface area contributed by atoms with E-state index >= 15 is 0 Å². The number of rotatable bonds is 6. The van der Waals surface area contributed by atoms with Crippen LogP contribution in [0.1, 0.15) is 24.2 Å². The molecule has 154 valence electrons. The number of amides is 2. The van der Waals surface area contributed by atoms with Gasteiger partial charge in [0.1, 0.15) is 5.76 Å². The van der Waals surface area contributed by atoms with E-state index in [-0.39, 0.29) is 22.8 Å². The van der Waals surface area contributed by atoms with E-state index in [1.54, 1.807) is 31.2 Å². The third-order valence-corrected chi connectivity index (χ3v) is 5.97. The number of nitrogens with one attached hydrogen (secondary N) is 2. The maximum Gasteiger partial charge on any atom is 0.247 e. The van der Waals surface area contributed by atoms with Gasteiger partial charge in [0.15, 0.2) is 0 Å². The molecule has 7 nitrogen and oxygen atoms in total. The molecule has 3 rings (SSSR count). The fourth-order valence-corrected chi connectivity index (χ4v) is 4.17. The number of aryl methyl sites for hydroxylation is 1. The molecule has 0 spiro atoms. The molecule has 1 aromatic heterocycles. The Morgan fingerprint density at radius 1 is 1.37 bits per heavy atom. The molecule has 0 radical (unpaired) electrons. The van der Waals surface area contributed by atoms with Crippen molar-refractivity contribution >= 4 is 40.9 Å². The summed E-state index contributed by atoms with van der Waals surface area (Å²) in [6, 6.07) is 10.7. The minimum Gasteiger partial charge on any atom is -0.468 e. The summed E-state index contributed by atoms with van der Waals surface area (Å²) in [4.78, 5) is 24.4. The molecule has 1 aromatic carbocycles. The van der Waals surface area contributed by atoms with Gasteiger partial charge in [-0.25, -0.2) is 0 Å². The largest absolute Gasteiger partial charge is 0.468 e. The van der Waals surface area contributed by atoms with Gasteiger partial charge in [-0.1, -0.05) is 29.4 Å². The predicted octanol–water partition coefficient (Wildman–Crippen LogP) is 3.79. The number of furan rings is 1. The molecule has 1 aliphatic heterocycles. The number of halogens is 1. The number of anilines is 1. The molecule has 2 amide bonds. The highest BCUT2D eigenvalue weighted by Crippen LogP contribution is 2.40. The van der Waals surface area contributed by atoms with Crippen molar-refractivity contribution in [2.75, 3.05) is 11.1 Å². The van der Waals surface area contributed by atoms with Crippen molar-refractivity contribution in [1.29, 1.82) is 5.26 Å². The second kappa shape index (κ2) is 9.11. The molecule has 2 aromatic rings. The normalized spacial score (nSPS) is 16.1. The van der Waals surface area contributed by atoms with Gasteiger partial charge in [0.25, 0.3) is 0 Å². The number of allylic oxidation sites excluding steroid dienone is 2. The summed E-state index contributed by atoms with van der Waals surface area (Å²) >= 11 is 7.25. The lowest BCUT2D eigenvalue weighted by atomic mass is 9.86. The van der Waals surface area contributed by atoms with E-state index in [1.165, 1.54) is 6.26 Å². The first kappa shape index (κ1) is 21.6. The fraction of sp³-hybridized carbons (Fsp3) is 0.190. The smallest absolute Gasteiger partial charge is 0.247 e. The summed E-state index contributed by atoms with van der Waals surface area (Å²) in [5.74, 6) is -1.16. The fourth-order valence-electron chi connectivity index (χ4n) is 3.10. The molecule has 2 heterocycles. The number of hydrogen-bond acceptors (Lipinski definition) is 6. The molecule has 0 unspecified atom stereocenters. The van der Waals surface area contributed by atoms with Gasteiger partial charge in [0.05, 0.1) is 40.2 Å². The van der Waals surface area contributed by atoms with Gasteiger partial charge in [-0.05, 0) is 43.7 Å². The van der Waals surface area contributed by atoms with Crippen molar-refractivity contribution < 1.29 is 14.0 Å². The Labute approximate surface area is 182 Å². The predicted molar refractivity (Wildman–Crippen MR) is 116 cm³/mol. The van der Waals surface area contributed by atoms with Crippen LogP contribution in [-0.2, 0) is 9.59 Å². The molecule has 0 saturated carbocycles. The van der Waals surface area contributed by atoms with Gasteiger partial charge in [0.2, 0.25) is 11.8 Å². The minimum absolute atomic E-state index is 0.0447. The monoisotopic (exact) mass is 442 g/mol. The Morgan fingerprint density at radius 2 is 2.13 bits per heavy atom. The van der Waals surface area contributed by atoms with Crippen LogP contribution in [0.2, 0.25) is 5.02 Å². The van der Waals surface area contributed by atoms with Crippen LogP contribution >= 0.6 is 23.4 Å². The molecule has 0 aliphatic carbocycles. The average Bonchev–Trinajstić information content (AvgIpc) is 3.22. The number of nitrogens with zero attached hydrogens (tertiary/aromatic N) is 1. The average molecular weight is 443 g/mol. The highest BCUT2D eigenvalue weighted by Gasteiger charge is 2.35. The SMILES string of the molecule is CC1=C(C(N)=O)[C@H](c2ccco2)C(C#N)=C(SCC(=O)Nc2ccc(C)c(Cl)c2)N1. The number of nitrogens with two attached hydrogens (primary N) is 1. The van der Waals surface area contributed by atoms with E-state index in [0.29, 0.717) is 27.2 Å². The molecular formula is C21H19ClN4O3S. The van der Waals surface area contributed by atoms with Gasteiger partial charge >= 0.3 is 0 Å². The second-order valence-electron chi connectivity index (χ2n) is 6.63. The van der Waals surface area contributed by atoms with E-state index in [4.69, 9.17) is 21.8 Å². The lowest BCUT2D eigenvalue weighted by molar-refractivity contribution is -0.115. The molecule has 30 heavy (non-hydrogen) atoms. The number of primary amides is 1. The molecule has 0 bridgehead atoms. The van der Waals surface area contributed by atoms with Crippen LogP contribution in [-0.4, -0.2) is 17.6 Å². The number of carbonyl (C=O) groups is 2. The lowest BCUT2D eigenvalue weighted by Crippen LogP contribution is -2.31. The van der Waals surface area contributed by atoms with Gasteiger partial charge in [0, 0.05) is 16.4 Å². The topological polar surface area (TPSA) is 121 Å². The third kappa shape index (κ3) is 4.53. The standard InChI is InChI=1S/C21H19ClN4O3S/c1-11-5-6-13(8-15(11)22)26-17(27)10-30-21-14(9-23)19(16-4-3-7-29-16)18(20(24)28)12(2)25-21/h3-8,19,25H,10H2,1-2H3,(H2,24,28)(H,26,27)/t19-/m0/s1. The zero-order chi connectivity index (χ0) is 21.8. The first-order chi connectivity index (χ1) is 14.3. The molecule has 0 fully saturated rings. The van der Waals surface area contributed by atoms with Crippen LogP contribution in [0.25, 0.3) is 0 Å². The van der Waals surface area contributed by atoms with Crippen LogP contribution in [0, 0.1) is 18.3 Å². The molecular weight excluding hydrogens is 424 g/mol. The zero-order valence-corrected chi connectivity index (χ0v) is 17.9. The number of benzene rings is 1. The quantitative estimate of drug-likeness (QED) is 0.625. The first-order valence-corrected chi connectivity index (χ1v) is 10.3. The number of thioether (sulfide) groups is 1. The molecule has 1 aliphatic rings. The molecule has 4 N–H and O–H groups in total. The van der Waals surface area contributed by atoms with E-state index < -0.39 is 11.8 Å². The summed E-state index contributed by atoms with van der Waals surface area (Å²) in [6.45, 7) is 3.57. The Bertz CT molecular complexity index is 1100. The third-order valence-electron chi connectivity index (χ3n) is 4.54. The van der Waals surface area contributed by atoms with Crippen LogP contribution < -0.4 is 16.4 Å². The molecule has 0 saturated heterocycles. The Hall–Kier alpha value is -3.15. The Balaban J connectivity index is 1.81. The summed E-state index contributed by atoms with van der Waals surface area (Å²) in [6.07, 6.45) is 1.47. The Morgan fingerprint density at radius 3 is 2.73 bits per heavy atom. The first-order valence-electron chi connectivity index (χ1n) is 8.96. The van der Waals surface area contributed by atoms with Gasteiger partial charge in [-0.15, -0.1) is 0 Å². The number of carbonyl (C=O) groups excluding carboxylic acids is 2. The van der Waals surface area contributed by atoms with Crippen LogP contribution in [0.4, 0.5) is 5.69 Å². The van der Waals surface area contributed by atoms with E-state index in [1.807, 2.05) is 13.0 Å². The highest BCUT2D eigenvalue weighted by molar-refractivity contribution is 8.03. The maximum atomic E-state index is 12.4. The molecule has 9 heteroatoms. The summed E-state index contributed by atoms with van der Waals surface area (Å²) in [5.41, 5.74) is 8.08. The van der Waals surface area contributed by atoms with Crippen molar-refractivity contribution in [2.24, 2.45) is 5.73 Å². The summed E-state index contributed by atoms with van der Waals surface area (Å²) in [7, 11) is 0. The van der Waals surface area contributed by atoms with Gasteiger partial charge in [-0.2, -0.15) is 5.26 Å². The van der Waals surface area contributed by atoms with Crippen LogP contribution in [0.5, 0.6) is 0 Å². The molecule has 1 atom stereocenters. The lowest BCUT2D eigenvalue weighted by Gasteiger charge is -2.27. The zero-order valence-electron chi connectivity index (χ0n) is 16.3. The van der Waals surface area contributed by atoms with Crippen molar-refractivity contribution in [3.05, 3.63) is 74.8 Å². The van der Waals surface area contributed by atoms with E-state index in [0.717, 1.165) is 17.3 Å². The van der Waals surface area contributed by atoms with Crippen LogP contribution in [0.3, 0.4) is 0 Å². The van der Waals surface area contributed by atoms with Crippen molar-refractivity contribution in [3.63, 3.8) is 0 Å². The van der Waals surface area contributed by atoms with E-state index in [9.17, 15) is 14.9 Å². The number of nitriles is 1. The summed E-state index contributed by atoms with van der Waals surface area (Å²) < 4.78 is 5.45. The van der Waals surface area contributed by atoms with E-state index in [2.05, 4.69) is 16.7 Å². The van der Waals surface area contributed by atoms with Crippen molar-refractivity contribution in [3.8, 4) is 6.07 Å². The van der Waals surface area contributed by atoms with Gasteiger partial charge < -0.3 is 20.8 Å². The number of dihydropyridines is 1. The Kier molecular flexibility index (Phi) is 6.55. The second-order valence-corrected chi connectivity index (χ2v) is 8.02. The minimum atomic E-state index is -0.731. The summed E-state index contributed by atoms with van der Waals surface area (Å²) in [5, 5.41) is 16.6.